The SMILES string of the molecule is Cc1noc(C)c1CSc1ccccc1C(=O)N1CCCC(C(=O)N2CCOCC2)C1. The Hall–Kier alpha value is -2.32. The molecule has 2 saturated heterocycles. The molecule has 0 radical (unpaired) electrons. The van der Waals surface area contributed by atoms with E-state index in [0.29, 0.717) is 50.7 Å². The van der Waals surface area contributed by atoms with Gasteiger partial charge in [-0.3, -0.25) is 9.59 Å². The minimum absolute atomic E-state index is 0.00124. The van der Waals surface area contributed by atoms with Crippen LogP contribution in [0, 0.1) is 19.8 Å². The van der Waals surface area contributed by atoms with Crippen molar-refractivity contribution in [3.8, 4) is 0 Å². The molecular formula is C23H29N3O4S. The van der Waals surface area contributed by atoms with Crippen LogP contribution in [0.2, 0.25) is 0 Å². The number of carbonyl (C=O) groups excluding carboxylic acids is 2. The van der Waals surface area contributed by atoms with Gasteiger partial charge in [-0.2, -0.15) is 0 Å². The molecule has 4 rings (SSSR count). The topological polar surface area (TPSA) is 75.9 Å². The van der Waals surface area contributed by atoms with Crippen molar-refractivity contribution in [2.75, 3.05) is 39.4 Å². The van der Waals surface area contributed by atoms with Crippen molar-refractivity contribution in [2.45, 2.75) is 37.3 Å². The number of likely N-dealkylation sites (tertiary alicyclic amines) is 1. The normalized spacial score (nSPS) is 19.5. The molecule has 2 aromatic rings. The highest BCUT2D eigenvalue weighted by Gasteiger charge is 2.32. The number of thioether (sulfide) groups is 1. The lowest BCUT2D eigenvalue weighted by Crippen LogP contribution is -2.49. The van der Waals surface area contributed by atoms with Gasteiger partial charge in [0.1, 0.15) is 5.76 Å². The molecule has 0 aliphatic carbocycles. The van der Waals surface area contributed by atoms with E-state index in [1.54, 1.807) is 11.8 Å². The van der Waals surface area contributed by atoms with E-state index in [1.165, 1.54) is 0 Å². The molecule has 2 aliphatic rings. The third kappa shape index (κ3) is 4.96. The first-order chi connectivity index (χ1) is 15.0. The number of nitrogens with zero attached hydrogens (tertiary/aromatic N) is 3. The zero-order chi connectivity index (χ0) is 21.8. The van der Waals surface area contributed by atoms with Crippen LogP contribution in [-0.2, 0) is 15.3 Å². The van der Waals surface area contributed by atoms with E-state index in [4.69, 9.17) is 9.26 Å². The summed E-state index contributed by atoms with van der Waals surface area (Å²) in [5.41, 5.74) is 2.65. The zero-order valence-corrected chi connectivity index (χ0v) is 19.0. The maximum atomic E-state index is 13.4. The Morgan fingerprint density at radius 2 is 1.90 bits per heavy atom. The number of rotatable bonds is 5. The lowest BCUT2D eigenvalue weighted by molar-refractivity contribution is -0.141. The van der Waals surface area contributed by atoms with Crippen LogP contribution < -0.4 is 0 Å². The zero-order valence-electron chi connectivity index (χ0n) is 18.1. The van der Waals surface area contributed by atoms with Crippen LogP contribution in [0.5, 0.6) is 0 Å². The summed E-state index contributed by atoms with van der Waals surface area (Å²) >= 11 is 1.62. The molecule has 2 amide bonds. The number of morpholine rings is 1. The van der Waals surface area contributed by atoms with Crippen LogP contribution in [0.4, 0.5) is 0 Å². The molecule has 3 heterocycles. The van der Waals surface area contributed by atoms with Crippen molar-refractivity contribution in [2.24, 2.45) is 5.92 Å². The standard InChI is InChI=1S/C23H29N3O4S/c1-16-20(17(2)30-24-16)15-31-21-8-4-3-7-19(21)23(28)26-9-5-6-18(14-26)22(27)25-10-12-29-13-11-25/h3-4,7-8,18H,5-6,9-15H2,1-2H3. The molecule has 0 spiro atoms. The predicted molar refractivity (Wildman–Crippen MR) is 118 cm³/mol. The number of hydrogen-bond acceptors (Lipinski definition) is 6. The molecule has 7 nitrogen and oxygen atoms in total. The number of aryl methyl sites for hydroxylation is 2. The minimum Gasteiger partial charge on any atom is -0.378 e. The Kier molecular flexibility index (Phi) is 6.97. The van der Waals surface area contributed by atoms with E-state index >= 15 is 0 Å². The van der Waals surface area contributed by atoms with Gasteiger partial charge in [-0.05, 0) is 38.8 Å². The Bertz CT molecular complexity index is 919. The van der Waals surface area contributed by atoms with Crippen molar-refractivity contribution in [3.63, 3.8) is 0 Å². The fourth-order valence-corrected chi connectivity index (χ4v) is 5.40. The Labute approximate surface area is 187 Å². The average Bonchev–Trinajstić information content (AvgIpc) is 3.14. The number of amides is 2. The summed E-state index contributed by atoms with van der Waals surface area (Å²) in [6.07, 6.45) is 1.68. The van der Waals surface area contributed by atoms with Crippen molar-refractivity contribution < 1.29 is 18.8 Å². The van der Waals surface area contributed by atoms with E-state index in [-0.39, 0.29) is 17.7 Å². The molecule has 8 heteroatoms. The second kappa shape index (κ2) is 9.87. The molecule has 0 N–H and O–H groups in total. The van der Waals surface area contributed by atoms with Crippen molar-refractivity contribution in [3.05, 3.63) is 46.8 Å². The molecular weight excluding hydrogens is 414 g/mol. The third-order valence-electron chi connectivity index (χ3n) is 6.05. The average molecular weight is 444 g/mol. The van der Waals surface area contributed by atoms with Gasteiger partial charge >= 0.3 is 0 Å². The van der Waals surface area contributed by atoms with Crippen LogP contribution in [-0.4, -0.2) is 66.2 Å². The maximum Gasteiger partial charge on any atom is 0.255 e. The van der Waals surface area contributed by atoms with Gasteiger partial charge in [0.2, 0.25) is 5.91 Å². The molecule has 166 valence electrons. The molecule has 1 aromatic heterocycles. The second-order valence-corrected chi connectivity index (χ2v) is 9.13. The lowest BCUT2D eigenvalue weighted by Gasteiger charge is -2.36. The summed E-state index contributed by atoms with van der Waals surface area (Å²) in [6, 6.07) is 7.71. The Balaban J connectivity index is 1.44. The summed E-state index contributed by atoms with van der Waals surface area (Å²) in [6.45, 7) is 7.49. The lowest BCUT2D eigenvalue weighted by atomic mass is 9.95. The van der Waals surface area contributed by atoms with Crippen molar-refractivity contribution >= 4 is 23.6 Å². The minimum atomic E-state index is -0.127. The highest BCUT2D eigenvalue weighted by atomic mass is 32.2. The van der Waals surface area contributed by atoms with Crippen LogP contribution in [0.1, 0.15) is 40.2 Å². The van der Waals surface area contributed by atoms with Crippen molar-refractivity contribution in [1.82, 2.24) is 15.0 Å². The number of benzene rings is 1. The number of piperidine rings is 1. The van der Waals surface area contributed by atoms with E-state index in [2.05, 4.69) is 5.16 Å². The van der Waals surface area contributed by atoms with Gasteiger partial charge in [-0.15, -0.1) is 11.8 Å². The second-order valence-electron chi connectivity index (χ2n) is 8.12. The molecule has 2 aliphatic heterocycles. The highest BCUT2D eigenvalue weighted by molar-refractivity contribution is 7.98. The first-order valence-electron chi connectivity index (χ1n) is 10.8. The van der Waals surface area contributed by atoms with Gasteiger partial charge in [-0.1, -0.05) is 17.3 Å². The smallest absolute Gasteiger partial charge is 0.255 e. The van der Waals surface area contributed by atoms with Crippen LogP contribution in [0.25, 0.3) is 0 Å². The van der Waals surface area contributed by atoms with E-state index in [0.717, 1.165) is 34.8 Å². The van der Waals surface area contributed by atoms with E-state index in [9.17, 15) is 9.59 Å². The first kappa shape index (κ1) is 21.9. The molecule has 0 saturated carbocycles. The Morgan fingerprint density at radius 3 is 2.65 bits per heavy atom. The van der Waals surface area contributed by atoms with Gasteiger partial charge in [-0.25, -0.2) is 0 Å². The molecule has 31 heavy (non-hydrogen) atoms. The predicted octanol–water partition coefficient (Wildman–Crippen LogP) is 3.29. The number of aromatic nitrogens is 1. The van der Waals surface area contributed by atoms with Gasteiger partial charge < -0.3 is 19.1 Å². The quantitative estimate of drug-likeness (QED) is 0.660. The molecule has 1 unspecified atom stereocenters. The van der Waals surface area contributed by atoms with Crippen LogP contribution >= 0.6 is 11.8 Å². The maximum absolute atomic E-state index is 13.4. The number of ether oxygens (including phenoxy) is 1. The van der Waals surface area contributed by atoms with E-state index in [1.807, 2.05) is 47.9 Å². The molecule has 0 bridgehead atoms. The summed E-state index contributed by atoms with van der Waals surface area (Å²) < 4.78 is 10.6. The molecule has 1 atom stereocenters. The third-order valence-corrected chi connectivity index (χ3v) is 7.15. The van der Waals surface area contributed by atoms with Gasteiger partial charge in [0.25, 0.3) is 5.91 Å². The fourth-order valence-electron chi connectivity index (χ4n) is 4.20. The summed E-state index contributed by atoms with van der Waals surface area (Å²) in [7, 11) is 0. The fraction of sp³-hybridized carbons (Fsp3) is 0.522. The van der Waals surface area contributed by atoms with Crippen molar-refractivity contribution in [1.29, 1.82) is 0 Å². The van der Waals surface area contributed by atoms with E-state index < -0.39 is 0 Å². The van der Waals surface area contributed by atoms with Gasteiger partial charge in [0.05, 0.1) is 30.4 Å². The number of hydrogen-bond donors (Lipinski definition) is 0. The number of carbonyl (C=O) groups is 2. The summed E-state index contributed by atoms with van der Waals surface area (Å²) in [4.78, 5) is 31.0. The largest absolute Gasteiger partial charge is 0.378 e. The van der Waals surface area contributed by atoms with Crippen LogP contribution in [0.15, 0.2) is 33.7 Å². The monoisotopic (exact) mass is 443 g/mol. The Morgan fingerprint density at radius 1 is 1.13 bits per heavy atom. The van der Waals surface area contributed by atoms with Gasteiger partial charge in [0.15, 0.2) is 0 Å². The highest BCUT2D eigenvalue weighted by Crippen LogP contribution is 2.30. The van der Waals surface area contributed by atoms with Crippen LogP contribution in [0.3, 0.4) is 0 Å². The first-order valence-corrected chi connectivity index (χ1v) is 11.8. The summed E-state index contributed by atoms with van der Waals surface area (Å²) in [5.74, 6) is 1.54. The van der Waals surface area contributed by atoms with Gasteiger partial charge in [0, 0.05) is 42.4 Å². The molecule has 1 aromatic carbocycles. The molecule has 2 fully saturated rings. The summed E-state index contributed by atoms with van der Waals surface area (Å²) in [5, 5.41) is 4.02.